The Morgan fingerprint density at radius 3 is 2.27 bits per heavy atom. The molecule has 7 heteroatoms. The molecule has 3 aromatic rings. The average molecular weight is 458 g/mol. The number of amides is 2. The van der Waals surface area contributed by atoms with Gasteiger partial charge in [-0.3, -0.25) is 19.4 Å². The normalized spacial score (nSPS) is 19.7. The van der Waals surface area contributed by atoms with Gasteiger partial charge in [-0.15, -0.1) is 0 Å². The monoisotopic (exact) mass is 457 g/mol. The van der Waals surface area contributed by atoms with Gasteiger partial charge in [0, 0.05) is 10.6 Å². The summed E-state index contributed by atoms with van der Waals surface area (Å²) in [6.07, 6.45) is 0. The molecule has 2 atom stereocenters. The summed E-state index contributed by atoms with van der Waals surface area (Å²) in [5.74, 6) is -2.29. The lowest BCUT2D eigenvalue weighted by Gasteiger charge is -2.23. The number of fused-ring (bicyclic) bond motifs is 1. The highest BCUT2D eigenvalue weighted by molar-refractivity contribution is 6.53. The molecule has 0 N–H and O–H groups in total. The first-order valence-electron chi connectivity index (χ1n) is 10.6. The predicted molar refractivity (Wildman–Crippen MR) is 128 cm³/mol. The van der Waals surface area contributed by atoms with Gasteiger partial charge in [-0.25, -0.2) is 4.90 Å². The number of imide groups is 1. The maximum Gasteiger partial charge on any atom is 0.259 e. The summed E-state index contributed by atoms with van der Waals surface area (Å²) < 4.78 is 0. The molecule has 2 heterocycles. The fourth-order valence-corrected chi connectivity index (χ4v) is 4.50. The van der Waals surface area contributed by atoms with E-state index in [2.05, 4.69) is 5.10 Å². The van der Waals surface area contributed by atoms with Crippen LogP contribution in [0.2, 0.25) is 5.02 Å². The smallest absolute Gasteiger partial charge is 0.259 e. The third kappa shape index (κ3) is 3.34. The molecule has 0 spiro atoms. The van der Waals surface area contributed by atoms with Gasteiger partial charge in [-0.2, -0.15) is 5.10 Å². The summed E-state index contributed by atoms with van der Waals surface area (Å²) >= 11 is 6.27. The second-order valence-electron chi connectivity index (χ2n) is 8.18. The fourth-order valence-electron chi connectivity index (χ4n) is 4.33. The van der Waals surface area contributed by atoms with E-state index in [-0.39, 0.29) is 11.5 Å². The molecule has 0 saturated carbocycles. The summed E-state index contributed by atoms with van der Waals surface area (Å²) in [5, 5.41) is 6.48. The largest absolute Gasteiger partial charge is 0.287 e. The van der Waals surface area contributed by atoms with Crippen LogP contribution in [-0.4, -0.2) is 29.4 Å². The highest BCUT2D eigenvalue weighted by Crippen LogP contribution is 2.40. The number of ketones is 1. The number of Topliss-reactive ketones (excluding diaryl/α,β-unsaturated/α-hetero) is 1. The number of anilines is 2. The zero-order valence-electron chi connectivity index (χ0n) is 18.0. The summed E-state index contributed by atoms with van der Waals surface area (Å²) in [5.41, 5.74) is 3.20. The third-order valence-electron chi connectivity index (χ3n) is 6.10. The molecule has 33 heavy (non-hydrogen) atoms. The maximum absolute atomic E-state index is 13.7. The van der Waals surface area contributed by atoms with Crippen LogP contribution in [0, 0.1) is 19.8 Å². The van der Waals surface area contributed by atoms with Gasteiger partial charge < -0.3 is 0 Å². The van der Waals surface area contributed by atoms with Crippen molar-refractivity contribution in [2.24, 2.45) is 11.0 Å². The Morgan fingerprint density at radius 1 is 0.879 bits per heavy atom. The first-order chi connectivity index (χ1) is 15.9. The van der Waals surface area contributed by atoms with Gasteiger partial charge in [0.2, 0.25) is 11.7 Å². The number of nitrogens with zero attached hydrogens (tertiary/aromatic N) is 3. The average Bonchev–Trinajstić information content (AvgIpc) is 3.33. The number of hydrazone groups is 1. The zero-order valence-corrected chi connectivity index (χ0v) is 18.8. The molecule has 1 saturated heterocycles. The van der Waals surface area contributed by atoms with Crippen molar-refractivity contribution >= 4 is 46.3 Å². The van der Waals surface area contributed by atoms with Crippen LogP contribution in [0.5, 0.6) is 0 Å². The molecule has 0 radical (unpaired) electrons. The first kappa shape index (κ1) is 21.1. The zero-order chi connectivity index (χ0) is 23.3. The second kappa shape index (κ2) is 7.98. The van der Waals surface area contributed by atoms with E-state index in [1.807, 2.05) is 37.3 Å². The van der Waals surface area contributed by atoms with E-state index in [9.17, 15) is 14.4 Å². The number of rotatable bonds is 4. The minimum Gasteiger partial charge on any atom is -0.287 e. The van der Waals surface area contributed by atoms with Crippen LogP contribution in [0.4, 0.5) is 11.4 Å². The predicted octanol–water partition coefficient (Wildman–Crippen LogP) is 4.57. The molecule has 6 nitrogen and oxygen atoms in total. The molecule has 2 aliphatic rings. The van der Waals surface area contributed by atoms with Crippen LogP contribution >= 0.6 is 11.6 Å². The standard InChI is InChI=1S/C26H20ClN3O3/c1-15-11-13-18(14-12-15)30-23-21(22(28-30)24(31)17-7-4-3-5-8-17)25(32)29(26(23)33)20-10-6-9-19(27)16(20)2/h3-14,21,23H,1-2H3. The van der Waals surface area contributed by atoms with Gasteiger partial charge in [-0.1, -0.05) is 65.7 Å². The number of halogens is 1. The lowest BCUT2D eigenvalue weighted by Crippen LogP contribution is -2.39. The van der Waals surface area contributed by atoms with Gasteiger partial charge in [0.15, 0.2) is 0 Å². The van der Waals surface area contributed by atoms with Gasteiger partial charge >= 0.3 is 0 Å². The van der Waals surface area contributed by atoms with Crippen LogP contribution in [0.15, 0.2) is 77.9 Å². The Kier molecular flexibility index (Phi) is 5.10. The van der Waals surface area contributed by atoms with Crippen molar-refractivity contribution in [2.45, 2.75) is 19.9 Å². The molecule has 2 unspecified atom stereocenters. The van der Waals surface area contributed by atoms with E-state index in [0.717, 1.165) is 10.5 Å². The molecule has 1 fully saturated rings. The molecule has 2 amide bonds. The minimum absolute atomic E-state index is 0.0623. The van der Waals surface area contributed by atoms with Gasteiger partial charge in [0.25, 0.3) is 5.91 Å². The van der Waals surface area contributed by atoms with Crippen molar-refractivity contribution < 1.29 is 14.4 Å². The van der Waals surface area contributed by atoms with Crippen molar-refractivity contribution in [2.75, 3.05) is 9.91 Å². The van der Waals surface area contributed by atoms with E-state index >= 15 is 0 Å². The lowest BCUT2D eigenvalue weighted by atomic mass is 9.92. The molecular formula is C26H20ClN3O3. The van der Waals surface area contributed by atoms with Crippen LogP contribution in [0.25, 0.3) is 0 Å². The van der Waals surface area contributed by atoms with Gasteiger partial charge in [-0.05, 0) is 43.7 Å². The van der Waals surface area contributed by atoms with E-state index in [4.69, 9.17) is 11.6 Å². The SMILES string of the molecule is Cc1ccc(N2N=C(C(=O)c3ccccc3)C3C(=O)N(c4cccc(Cl)c4C)C(=O)C32)cc1. The Morgan fingerprint density at radius 2 is 1.58 bits per heavy atom. The third-order valence-corrected chi connectivity index (χ3v) is 6.51. The Labute approximate surface area is 196 Å². The summed E-state index contributed by atoms with van der Waals surface area (Å²) in [4.78, 5) is 41.8. The van der Waals surface area contributed by atoms with Crippen molar-refractivity contribution in [1.82, 2.24) is 0 Å². The molecule has 2 aliphatic heterocycles. The van der Waals surface area contributed by atoms with Crippen molar-refractivity contribution in [3.63, 3.8) is 0 Å². The summed E-state index contributed by atoms with van der Waals surface area (Å²) in [6.45, 7) is 3.71. The number of carbonyl (C=O) groups is 3. The summed E-state index contributed by atoms with van der Waals surface area (Å²) in [7, 11) is 0. The molecule has 5 rings (SSSR count). The van der Waals surface area contributed by atoms with E-state index in [0.29, 0.717) is 27.5 Å². The molecule has 0 aliphatic carbocycles. The van der Waals surface area contributed by atoms with Gasteiger partial charge in [0.1, 0.15) is 17.7 Å². The Bertz CT molecular complexity index is 1320. The highest BCUT2D eigenvalue weighted by atomic mass is 35.5. The number of benzene rings is 3. The molecule has 0 bridgehead atoms. The number of aryl methyl sites for hydroxylation is 1. The molecule has 0 aromatic heterocycles. The van der Waals surface area contributed by atoms with E-state index < -0.39 is 23.8 Å². The molecule has 164 valence electrons. The maximum atomic E-state index is 13.7. The fraction of sp³-hybridized carbons (Fsp3) is 0.154. The van der Waals surface area contributed by atoms with Crippen LogP contribution in [0.3, 0.4) is 0 Å². The van der Waals surface area contributed by atoms with E-state index in [1.54, 1.807) is 49.4 Å². The second-order valence-corrected chi connectivity index (χ2v) is 8.59. The van der Waals surface area contributed by atoms with E-state index in [1.165, 1.54) is 5.01 Å². The van der Waals surface area contributed by atoms with Crippen LogP contribution in [-0.2, 0) is 9.59 Å². The lowest BCUT2D eigenvalue weighted by molar-refractivity contribution is -0.121. The van der Waals surface area contributed by atoms with Crippen LogP contribution < -0.4 is 9.91 Å². The van der Waals surface area contributed by atoms with Crippen molar-refractivity contribution in [3.8, 4) is 0 Å². The Balaban J connectivity index is 1.64. The molecular weight excluding hydrogens is 438 g/mol. The highest BCUT2D eigenvalue weighted by Gasteiger charge is 2.58. The first-order valence-corrected chi connectivity index (χ1v) is 10.9. The number of hydrogen-bond donors (Lipinski definition) is 0. The Hall–Kier alpha value is -3.77. The van der Waals surface area contributed by atoms with Crippen molar-refractivity contribution in [3.05, 3.63) is 94.5 Å². The van der Waals surface area contributed by atoms with Crippen molar-refractivity contribution in [1.29, 1.82) is 0 Å². The minimum atomic E-state index is -1.01. The number of carbonyl (C=O) groups excluding carboxylic acids is 3. The van der Waals surface area contributed by atoms with Crippen LogP contribution in [0.1, 0.15) is 21.5 Å². The molecule has 3 aromatic carbocycles. The topological polar surface area (TPSA) is 70.1 Å². The number of hydrogen-bond acceptors (Lipinski definition) is 5. The quantitative estimate of drug-likeness (QED) is 0.425. The van der Waals surface area contributed by atoms with Gasteiger partial charge in [0.05, 0.1) is 11.4 Å². The summed E-state index contributed by atoms with van der Waals surface area (Å²) in [6, 6.07) is 20.3.